The summed E-state index contributed by atoms with van der Waals surface area (Å²) in [7, 11) is 2.05. The Morgan fingerprint density at radius 3 is 2.85 bits per heavy atom. The van der Waals surface area contributed by atoms with Crippen molar-refractivity contribution in [1.29, 1.82) is 0 Å². The zero-order valence-corrected chi connectivity index (χ0v) is 9.34. The van der Waals surface area contributed by atoms with Crippen molar-refractivity contribution < 1.29 is 0 Å². The van der Waals surface area contributed by atoms with Gasteiger partial charge < -0.3 is 5.32 Å². The van der Waals surface area contributed by atoms with E-state index in [4.69, 9.17) is 0 Å². The van der Waals surface area contributed by atoms with Crippen LogP contribution in [0.2, 0.25) is 0 Å². The summed E-state index contributed by atoms with van der Waals surface area (Å²) in [5, 5.41) is 3.31. The molecule has 0 aromatic heterocycles. The van der Waals surface area contributed by atoms with Crippen LogP contribution in [0.15, 0.2) is 0 Å². The maximum Gasteiger partial charge on any atom is 0.0163 e. The molecule has 0 saturated carbocycles. The van der Waals surface area contributed by atoms with E-state index in [1.165, 1.54) is 38.8 Å². The van der Waals surface area contributed by atoms with E-state index in [1.807, 2.05) is 7.05 Å². The molecule has 1 aliphatic rings. The van der Waals surface area contributed by atoms with Gasteiger partial charge in [0.15, 0.2) is 0 Å². The van der Waals surface area contributed by atoms with Crippen molar-refractivity contribution in [2.45, 2.75) is 51.6 Å². The zero-order valence-electron chi connectivity index (χ0n) is 9.34. The highest BCUT2D eigenvalue weighted by atomic mass is 15.2. The molecular formula is C11H24N2. The molecule has 0 bridgehead atoms. The van der Waals surface area contributed by atoms with Crippen molar-refractivity contribution in [3.63, 3.8) is 0 Å². The van der Waals surface area contributed by atoms with Gasteiger partial charge in [-0.15, -0.1) is 0 Å². The van der Waals surface area contributed by atoms with E-state index >= 15 is 0 Å². The first kappa shape index (κ1) is 11.0. The lowest BCUT2D eigenvalue weighted by Gasteiger charge is -2.29. The van der Waals surface area contributed by atoms with Gasteiger partial charge in [0.25, 0.3) is 0 Å². The Kier molecular flexibility index (Phi) is 4.74. The molecule has 0 spiro atoms. The van der Waals surface area contributed by atoms with E-state index in [1.54, 1.807) is 0 Å². The average molecular weight is 184 g/mol. The molecule has 2 atom stereocenters. The lowest BCUT2D eigenvalue weighted by molar-refractivity contribution is 0.197. The normalized spacial score (nSPS) is 28.4. The van der Waals surface area contributed by atoms with Crippen LogP contribution < -0.4 is 5.32 Å². The molecular weight excluding hydrogens is 160 g/mol. The van der Waals surface area contributed by atoms with E-state index in [0.717, 1.165) is 6.04 Å². The third-order valence-electron chi connectivity index (χ3n) is 3.19. The fraction of sp³-hybridized carbons (Fsp3) is 1.00. The van der Waals surface area contributed by atoms with Crippen LogP contribution in [-0.2, 0) is 0 Å². The summed E-state index contributed by atoms with van der Waals surface area (Å²) >= 11 is 0. The predicted molar refractivity (Wildman–Crippen MR) is 58.0 cm³/mol. The third-order valence-corrected chi connectivity index (χ3v) is 3.19. The van der Waals surface area contributed by atoms with Crippen molar-refractivity contribution in [1.82, 2.24) is 10.2 Å². The van der Waals surface area contributed by atoms with Gasteiger partial charge in [-0.05, 0) is 40.3 Å². The van der Waals surface area contributed by atoms with Gasteiger partial charge in [0.2, 0.25) is 0 Å². The summed E-state index contributed by atoms with van der Waals surface area (Å²) in [6, 6.07) is 1.42. The van der Waals surface area contributed by atoms with Crippen molar-refractivity contribution in [3.8, 4) is 0 Å². The fourth-order valence-corrected chi connectivity index (χ4v) is 2.05. The number of likely N-dealkylation sites (tertiary alicyclic amines) is 1. The Balaban J connectivity index is 2.35. The van der Waals surface area contributed by atoms with Crippen LogP contribution in [0.3, 0.4) is 0 Å². The molecule has 2 nitrogen and oxygen atoms in total. The smallest absolute Gasteiger partial charge is 0.0163 e. The quantitative estimate of drug-likeness (QED) is 0.720. The summed E-state index contributed by atoms with van der Waals surface area (Å²) in [4.78, 5) is 2.63. The van der Waals surface area contributed by atoms with Crippen LogP contribution in [0.1, 0.15) is 39.5 Å². The number of hydrogen-bond acceptors (Lipinski definition) is 2. The highest BCUT2D eigenvalue weighted by Gasteiger charge is 2.17. The van der Waals surface area contributed by atoms with Crippen molar-refractivity contribution in [2.24, 2.45) is 0 Å². The Bertz CT molecular complexity index is 136. The van der Waals surface area contributed by atoms with Crippen LogP contribution >= 0.6 is 0 Å². The van der Waals surface area contributed by atoms with Crippen molar-refractivity contribution in [2.75, 3.05) is 20.1 Å². The van der Waals surface area contributed by atoms with E-state index < -0.39 is 0 Å². The Labute approximate surface area is 82.7 Å². The number of likely N-dealkylation sites (N-methyl/N-ethyl adjacent to an activating group) is 1. The second-order valence-corrected chi connectivity index (χ2v) is 4.38. The standard InChI is InChI=1S/C11H24N2/c1-10(12-3)9-13-8-6-4-5-7-11(13)2/h10-12H,4-9H2,1-3H3. The highest BCUT2D eigenvalue weighted by molar-refractivity contribution is 4.74. The molecule has 1 rings (SSSR count). The van der Waals surface area contributed by atoms with E-state index in [-0.39, 0.29) is 0 Å². The molecule has 13 heavy (non-hydrogen) atoms. The Morgan fingerprint density at radius 1 is 1.38 bits per heavy atom. The summed E-state index contributed by atoms with van der Waals surface area (Å²) in [5.41, 5.74) is 0. The van der Waals surface area contributed by atoms with Gasteiger partial charge in [-0.1, -0.05) is 12.8 Å². The molecule has 78 valence electrons. The predicted octanol–water partition coefficient (Wildman–Crippen LogP) is 1.86. The molecule has 0 aromatic rings. The maximum absolute atomic E-state index is 3.31. The lowest BCUT2D eigenvalue weighted by atomic mass is 10.1. The van der Waals surface area contributed by atoms with Crippen LogP contribution in [0.5, 0.6) is 0 Å². The van der Waals surface area contributed by atoms with Gasteiger partial charge in [-0.25, -0.2) is 0 Å². The van der Waals surface area contributed by atoms with E-state index in [0.29, 0.717) is 6.04 Å². The maximum atomic E-state index is 3.31. The second kappa shape index (κ2) is 5.61. The fourth-order valence-electron chi connectivity index (χ4n) is 2.05. The molecule has 0 aromatic carbocycles. The average Bonchev–Trinajstić information content (AvgIpc) is 2.32. The topological polar surface area (TPSA) is 15.3 Å². The van der Waals surface area contributed by atoms with Crippen LogP contribution in [0.25, 0.3) is 0 Å². The minimum Gasteiger partial charge on any atom is -0.316 e. The zero-order chi connectivity index (χ0) is 9.68. The van der Waals surface area contributed by atoms with E-state index in [9.17, 15) is 0 Å². The number of nitrogens with zero attached hydrogens (tertiary/aromatic N) is 1. The van der Waals surface area contributed by atoms with Gasteiger partial charge >= 0.3 is 0 Å². The monoisotopic (exact) mass is 184 g/mol. The van der Waals surface area contributed by atoms with Crippen LogP contribution in [0.4, 0.5) is 0 Å². The van der Waals surface area contributed by atoms with Crippen molar-refractivity contribution >= 4 is 0 Å². The molecule has 1 fully saturated rings. The molecule has 2 heteroatoms. The van der Waals surface area contributed by atoms with E-state index in [2.05, 4.69) is 24.1 Å². The molecule has 0 aliphatic carbocycles. The van der Waals surface area contributed by atoms with Crippen molar-refractivity contribution in [3.05, 3.63) is 0 Å². The van der Waals surface area contributed by atoms with Gasteiger partial charge in [0, 0.05) is 18.6 Å². The molecule has 1 N–H and O–H groups in total. The lowest BCUT2D eigenvalue weighted by Crippen LogP contribution is -2.42. The third kappa shape index (κ3) is 3.65. The van der Waals surface area contributed by atoms with Gasteiger partial charge in [0.05, 0.1) is 0 Å². The SMILES string of the molecule is CNC(C)CN1CCCCCC1C. The first-order valence-electron chi connectivity index (χ1n) is 5.65. The Hall–Kier alpha value is -0.0800. The van der Waals surface area contributed by atoms with Gasteiger partial charge in [-0.3, -0.25) is 4.90 Å². The molecule has 0 radical (unpaired) electrons. The highest BCUT2D eigenvalue weighted by Crippen LogP contribution is 2.16. The molecule has 1 heterocycles. The number of hydrogen-bond donors (Lipinski definition) is 1. The minimum atomic E-state index is 0.626. The summed E-state index contributed by atoms with van der Waals surface area (Å²) in [5.74, 6) is 0. The second-order valence-electron chi connectivity index (χ2n) is 4.38. The molecule has 1 aliphatic heterocycles. The molecule has 0 amide bonds. The largest absolute Gasteiger partial charge is 0.316 e. The molecule has 2 unspecified atom stereocenters. The van der Waals surface area contributed by atoms with Crippen LogP contribution in [-0.4, -0.2) is 37.1 Å². The minimum absolute atomic E-state index is 0.626. The summed E-state index contributed by atoms with van der Waals surface area (Å²) in [6.07, 6.45) is 5.62. The number of nitrogens with one attached hydrogen (secondary N) is 1. The van der Waals surface area contributed by atoms with Gasteiger partial charge in [-0.2, -0.15) is 0 Å². The summed E-state index contributed by atoms with van der Waals surface area (Å²) in [6.45, 7) is 7.14. The van der Waals surface area contributed by atoms with Crippen LogP contribution in [0, 0.1) is 0 Å². The first-order chi connectivity index (χ1) is 6.24. The van der Waals surface area contributed by atoms with Gasteiger partial charge in [0.1, 0.15) is 0 Å². The number of rotatable bonds is 3. The molecule has 1 saturated heterocycles. The summed E-state index contributed by atoms with van der Waals surface area (Å²) < 4.78 is 0. The Morgan fingerprint density at radius 2 is 2.15 bits per heavy atom. The first-order valence-corrected chi connectivity index (χ1v) is 5.65.